The van der Waals surface area contributed by atoms with E-state index in [1.807, 2.05) is 6.20 Å². The number of anilines is 1. The summed E-state index contributed by atoms with van der Waals surface area (Å²) in [5, 5.41) is 14.7. The number of hydrogen-bond donors (Lipinski definition) is 1. The fourth-order valence-corrected chi connectivity index (χ4v) is 2.27. The maximum atomic E-state index is 10.5. The molecule has 0 unspecified atom stereocenters. The number of thiazole rings is 1. The molecule has 0 saturated heterocycles. The van der Waals surface area contributed by atoms with E-state index in [0.29, 0.717) is 6.54 Å². The monoisotopic (exact) mass is 263 g/mol. The van der Waals surface area contributed by atoms with Crippen LogP contribution in [0.1, 0.15) is 16.8 Å². The normalized spacial score (nSPS) is 10.3. The average Bonchev–Trinajstić information content (AvgIpc) is 2.85. The summed E-state index contributed by atoms with van der Waals surface area (Å²) in [7, 11) is 0. The summed E-state index contributed by atoms with van der Waals surface area (Å²) in [4.78, 5) is 15.7. The predicted molar refractivity (Wildman–Crippen MR) is 71.9 cm³/mol. The van der Waals surface area contributed by atoms with Gasteiger partial charge in [0.05, 0.1) is 11.5 Å². The Balaban J connectivity index is 1.95. The number of aryl methyl sites for hydroxylation is 1. The second-order valence-corrected chi connectivity index (χ2v) is 4.93. The molecule has 0 radical (unpaired) electrons. The van der Waals surface area contributed by atoms with Crippen LogP contribution in [0, 0.1) is 10.1 Å². The highest BCUT2D eigenvalue weighted by Crippen LogP contribution is 2.18. The number of hydrogen-bond acceptors (Lipinski definition) is 5. The molecule has 2 rings (SSSR count). The largest absolute Gasteiger partial charge is 0.379 e. The van der Waals surface area contributed by atoms with Crippen molar-refractivity contribution in [1.82, 2.24) is 4.98 Å². The molecule has 5 nitrogen and oxygen atoms in total. The van der Waals surface area contributed by atoms with Crippen molar-refractivity contribution in [3.8, 4) is 0 Å². The van der Waals surface area contributed by atoms with Crippen molar-refractivity contribution in [2.45, 2.75) is 19.9 Å². The first-order valence-corrected chi connectivity index (χ1v) is 6.42. The van der Waals surface area contributed by atoms with E-state index in [4.69, 9.17) is 0 Å². The molecule has 0 fully saturated rings. The number of rotatable bonds is 5. The highest BCUT2D eigenvalue weighted by atomic mass is 32.1. The SMILES string of the molecule is CCc1cnc(CNc2ccc([N+](=O)[O-])cc2)s1. The van der Waals surface area contributed by atoms with E-state index in [-0.39, 0.29) is 5.69 Å². The Hall–Kier alpha value is -1.95. The van der Waals surface area contributed by atoms with Gasteiger partial charge in [-0.3, -0.25) is 10.1 Å². The Morgan fingerprint density at radius 2 is 2.11 bits per heavy atom. The quantitative estimate of drug-likeness (QED) is 0.664. The van der Waals surface area contributed by atoms with Crippen molar-refractivity contribution in [2.24, 2.45) is 0 Å². The van der Waals surface area contributed by atoms with Gasteiger partial charge in [0.15, 0.2) is 0 Å². The zero-order chi connectivity index (χ0) is 13.0. The maximum Gasteiger partial charge on any atom is 0.269 e. The van der Waals surface area contributed by atoms with Crippen LogP contribution in [0.2, 0.25) is 0 Å². The third kappa shape index (κ3) is 3.04. The first kappa shape index (κ1) is 12.5. The van der Waals surface area contributed by atoms with Gasteiger partial charge in [-0.15, -0.1) is 11.3 Å². The van der Waals surface area contributed by atoms with Gasteiger partial charge in [0, 0.05) is 28.9 Å². The first-order chi connectivity index (χ1) is 8.69. The summed E-state index contributed by atoms with van der Waals surface area (Å²) in [6, 6.07) is 6.38. The van der Waals surface area contributed by atoms with Gasteiger partial charge in [0.2, 0.25) is 0 Å². The molecule has 0 saturated carbocycles. The second kappa shape index (κ2) is 5.59. The second-order valence-electron chi connectivity index (χ2n) is 3.73. The predicted octanol–water partition coefficient (Wildman–Crippen LogP) is 3.23. The Morgan fingerprint density at radius 3 is 2.67 bits per heavy atom. The molecule has 0 aliphatic rings. The summed E-state index contributed by atoms with van der Waals surface area (Å²) in [6.07, 6.45) is 2.88. The molecule has 1 heterocycles. The Morgan fingerprint density at radius 1 is 1.39 bits per heavy atom. The van der Waals surface area contributed by atoms with Crippen molar-refractivity contribution in [2.75, 3.05) is 5.32 Å². The molecule has 94 valence electrons. The topological polar surface area (TPSA) is 68.1 Å². The van der Waals surface area contributed by atoms with Crippen LogP contribution in [0.4, 0.5) is 11.4 Å². The minimum atomic E-state index is -0.405. The molecule has 0 aliphatic carbocycles. The molecular weight excluding hydrogens is 250 g/mol. The van der Waals surface area contributed by atoms with E-state index < -0.39 is 4.92 Å². The number of nitrogens with one attached hydrogen (secondary N) is 1. The first-order valence-electron chi connectivity index (χ1n) is 5.61. The molecule has 0 spiro atoms. The summed E-state index contributed by atoms with van der Waals surface area (Å²) >= 11 is 1.68. The number of aromatic nitrogens is 1. The molecule has 0 bridgehead atoms. The number of nitro groups is 1. The zero-order valence-electron chi connectivity index (χ0n) is 9.92. The van der Waals surface area contributed by atoms with Crippen LogP contribution >= 0.6 is 11.3 Å². The van der Waals surface area contributed by atoms with Gasteiger partial charge >= 0.3 is 0 Å². The smallest absolute Gasteiger partial charge is 0.269 e. The summed E-state index contributed by atoms with van der Waals surface area (Å²) in [5.74, 6) is 0. The van der Waals surface area contributed by atoms with Crippen LogP contribution in [0.25, 0.3) is 0 Å². The van der Waals surface area contributed by atoms with Gasteiger partial charge in [-0.05, 0) is 18.6 Å². The van der Waals surface area contributed by atoms with Crippen LogP contribution in [0.5, 0.6) is 0 Å². The van der Waals surface area contributed by atoms with Gasteiger partial charge in [0.25, 0.3) is 5.69 Å². The zero-order valence-corrected chi connectivity index (χ0v) is 10.7. The molecule has 6 heteroatoms. The van der Waals surface area contributed by atoms with Crippen LogP contribution in [0.3, 0.4) is 0 Å². The molecule has 1 N–H and O–H groups in total. The lowest BCUT2D eigenvalue weighted by Crippen LogP contribution is -1.98. The van der Waals surface area contributed by atoms with Crippen molar-refractivity contribution in [3.05, 3.63) is 50.5 Å². The fraction of sp³-hybridized carbons (Fsp3) is 0.250. The molecule has 18 heavy (non-hydrogen) atoms. The van der Waals surface area contributed by atoms with Gasteiger partial charge < -0.3 is 5.32 Å². The summed E-state index contributed by atoms with van der Waals surface area (Å²) < 4.78 is 0. The molecule has 0 amide bonds. The van der Waals surface area contributed by atoms with E-state index >= 15 is 0 Å². The summed E-state index contributed by atoms with van der Waals surface area (Å²) in [5.41, 5.74) is 0.955. The summed E-state index contributed by atoms with van der Waals surface area (Å²) in [6.45, 7) is 2.74. The van der Waals surface area contributed by atoms with Crippen LogP contribution in [0.15, 0.2) is 30.5 Å². The van der Waals surface area contributed by atoms with Crippen LogP contribution in [-0.4, -0.2) is 9.91 Å². The molecule has 2 aromatic rings. The lowest BCUT2D eigenvalue weighted by Gasteiger charge is -2.03. The fourth-order valence-electron chi connectivity index (χ4n) is 1.47. The van der Waals surface area contributed by atoms with Crippen LogP contribution in [-0.2, 0) is 13.0 Å². The van der Waals surface area contributed by atoms with Crippen molar-refractivity contribution in [1.29, 1.82) is 0 Å². The van der Waals surface area contributed by atoms with E-state index in [0.717, 1.165) is 17.1 Å². The molecule has 0 aliphatic heterocycles. The Bertz CT molecular complexity index is 537. The third-order valence-corrected chi connectivity index (χ3v) is 3.61. The highest BCUT2D eigenvalue weighted by Gasteiger charge is 2.04. The third-order valence-electron chi connectivity index (χ3n) is 2.47. The standard InChI is InChI=1S/C12H13N3O2S/c1-2-11-7-14-12(18-11)8-13-9-3-5-10(6-4-9)15(16)17/h3-7,13H,2,8H2,1H3. The van der Waals surface area contributed by atoms with Gasteiger partial charge in [-0.1, -0.05) is 6.92 Å². The van der Waals surface area contributed by atoms with Gasteiger partial charge in [-0.2, -0.15) is 0 Å². The van der Waals surface area contributed by atoms with E-state index in [2.05, 4.69) is 17.2 Å². The molecular formula is C12H13N3O2S. The number of non-ortho nitro benzene ring substituents is 1. The number of benzene rings is 1. The molecule has 0 atom stereocenters. The van der Waals surface area contributed by atoms with E-state index in [1.54, 1.807) is 23.5 Å². The van der Waals surface area contributed by atoms with E-state index in [1.165, 1.54) is 17.0 Å². The van der Waals surface area contributed by atoms with Crippen LogP contribution < -0.4 is 5.32 Å². The van der Waals surface area contributed by atoms with Crippen molar-refractivity contribution in [3.63, 3.8) is 0 Å². The lowest BCUT2D eigenvalue weighted by atomic mass is 10.3. The number of nitrogens with zero attached hydrogens (tertiary/aromatic N) is 2. The minimum Gasteiger partial charge on any atom is -0.379 e. The highest BCUT2D eigenvalue weighted by molar-refractivity contribution is 7.11. The molecule has 1 aromatic heterocycles. The minimum absolute atomic E-state index is 0.100. The van der Waals surface area contributed by atoms with Gasteiger partial charge in [-0.25, -0.2) is 4.98 Å². The van der Waals surface area contributed by atoms with Crippen molar-refractivity contribution < 1.29 is 4.92 Å². The average molecular weight is 263 g/mol. The van der Waals surface area contributed by atoms with E-state index in [9.17, 15) is 10.1 Å². The molecule has 1 aromatic carbocycles. The lowest BCUT2D eigenvalue weighted by molar-refractivity contribution is -0.384. The maximum absolute atomic E-state index is 10.5. The Kier molecular flexibility index (Phi) is 3.88. The number of nitro benzene ring substituents is 1. The van der Waals surface area contributed by atoms with Gasteiger partial charge in [0.1, 0.15) is 5.01 Å². The Labute approximate surface area is 109 Å². The van der Waals surface area contributed by atoms with Crippen molar-refractivity contribution >= 4 is 22.7 Å².